The summed E-state index contributed by atoms with van der Waals surface area (Å²) >= 11 is 0. The van der Waals surface area contributed by atoms with Crippen molar-refractivity contribution in [1.29, 1.82) is 0 Å². The first-order valence-corrected chi connectivity index (χ1v) is 3.98. The van der Waals surface area contributed by atoms with Crippen molar-refractivity contribution in [1.82, 2.24) is 9.80 Å². The normalized spacial score (nSPS) is 12.0. The van der Waals surface area contributed by atoms with Crippen molar-refractivity contribution in [3.05, 3.63) is 12.3 Å². The Morgan fingerprint density at radius 3 is 2.00 bits per heavy atom. The minimum absolute atomic E-state index is 0.847. The third-order valence-electron chi connectivity index (χ3n) is 1.29. The molecule has 0 aromatic heterocycles. The molecule has 0 N–H and O–H groups in total. The summed E-state index contributed by atoms with van der Waals surface area (Å²) in [5.41, 5.74) is 0.848. The number of amidine groups is 1. The highest BCUT2D eigenvalue weighted by Gasteiger charge is 2.02. The molecule has 0 heterocycles. The zero-order chi connectivity index (χ0) is 9.72. The van der Waals surface area contributed by atoms with Crippen LogP contribution in [0.1, 0.15) is 6.92 Å². The van der Waals surface area contributed by atoms with Crippen LogP contribution in [0.2, 0.25) is 0 Å². The molecule has 0 saturated heterocycles. The van der Waals surface area contributed by atoms with Gasteiger partial charge in [-0.2, -0.15) is 0 Å². The molecule has 0 saturated carbocycles. The van der Waals surface area contributed by atoms with Gasteiger partial charge < -0.3 is 9.80 Å². The maximum atomic E-state index is 4.32. The lowest BCUT2D eigenvalue weighted by atomic mass is 10.4. The molecular weight excluding hydrogens is 150 g/mol. The summed E-state index contributed by atoms with van der Waals surface area (Å²) in [6.07, 6.45) is 0. The topological polar surface area (TPSA) is 18.8 Å². The molecule has 0 aliphatic heterocycles. The van der Waals surface area contributed by atoms with Gasteiger partial charge in [0.05, 0.1) is 6.54 Å². The largest absolute Gasteiger partial charge is 0.365 e. The van der Waals surface area contributed by atoms with Crippen LogP contribution in [-0.4, -0.2) is 50.4 Å². The van der Waals surface area contributed by atoms with E-state index in [2.05, 4.69) is 16.5 Å². The van der Waals surface area contributed by atoms with Crippen LogP contribution in [0, 0.1) is 0 Å². The predicted molar refractivity (Wildman–Crippen MR) is 54.5 cm³/mol. The lowest BCUT2D eigenvalue weighted by molar-refractivity contribution is 0.444. The highest BCUT2D eigenvalue weighted by molar-refractivity contribution is 5.84. The fourth-order valence-corrected chi connectivity index (χ4v) is 0.780. The van der Waals surface area contributed by atoms with Gasteiger partial charge in [0.25, 0.3) is 0 Å². The van der Waals surface area contributed by atoms with Crippen LogP contribution in [0.25, 0.3) is 0 Å². The average Bonchev–Trinajstić information content (AvgIpc) is 1.83. The van der Waals surface area contributed by atoms with Crippen molar-refractivity contribution in [2.45, 2.75) is 6.92 Å². The second-order valence-electron chi connectivity index (χ2n) is 3.40. The van der Waals surface area contributed by atoms with Crippen molar-refractivity contribution in [3.8, 4) is 0 Å². The smallest absolute Gasteiger partial charge is 0.118 e. The molecule has 0 unspecified atom stereocenters. The number of allylic oxidation sites excluding steroid dienone is 1. The third kappa shape index (κ3) is 4.91. The lowest BCUT2D eigenvalue weighted by Gasteiger charge is -2.19. The maximum Gasteiger partial charge on any atom is 0.118 e. The van der Waals surface area contributed by atoms with Crippen molar-refractivity contribution in [2.24, 2.45) is 4.99 Å². The van der Waals surface area contributed by atoms with Crippen LogP contribution < -0.4 is 0 Å². The summed E-state index contributed by atoms with van der Waals surface area (Å²) in [7, 11) is 8.03. The zero-order valence-corrected chi connectivity index (χ0v) is 8.76. The summed E-state index contributed by atoms with van der Waals surface area (Å²) < 4.78 is 0. The molecule has 0 fully saturated rings. The number of hydrogen-bond acceptors (Lipinski definition) is 2. The molecule has 0 aromatic carbocycles. The van der Waals surface area contributed by atoms with E-state index >= 15 is 0 Å². The average molecular weight is 169 g/mol. The van der Waals surface area contributed by atoms with Crippen molar-refractivity contribution in [3.63, 3.8) is 0 Å². The zero-order valence-electron chi connectivity index (χ0n) is 8.76. The van der Waals surface area contributed by atoms with Gasteiger partial charge in [-0.05, 0) is 21.0 Å². The molecule has 3 heteroatoms. The van der Waals surface area contributed by atoms with Crippen molar-refractivity contribution < 1.29 is 0 Å². The van der Waals surface area contributed by atoms with E-state index in [0.29, 0.717) is 0 Å². The van der Waals surface area contributed by atoms with Gasteiger partial charge in [-0.1, -0.05) is 6.58 Å². The fourth-order valence-electron chi connectivity index (χ4n) is 0.780. The second kappa shape index (κ2) is 4.93. The standard InChI is InChI=1S/C9H19N3/c1-8(2)10-9(12(5)6)7-11(3)4/h1,7H2,2-6H3. The molecule has 0 spiro atoms. The molecule has 0 atom stereocenters. The van der Waals surface area contributed by atoms with Crippen LogP contribution in [0.5, 0.6) is 0 Å². The molecule has 0 aliphatic carbocycles. The van der Waals surface area contributed by atoms with E-state index in [1.165, 1.54) is 0 Å². The summed E-state index contributed by atoms with van der Waals surface area (Å²) in [6.45, 7) is 6.50. The van der Waals surface area contributed by atoms with E-state index in [-0.39, 0.29) is 0 Å². The lowest BCUT2D eigenvalue weighted by Crippen LogP contribution is -2.32. The molecule has 0 aliphatic rings. The first kappa shape index (κ1) is 11.2. The minimum Gasteiger partial charge on any atom is -0.365 e. The van der Waals surface area contributed by atoms with Crippen molar-refractivity contribution >= 4 is 5.84 Å². The Hall–Kier alpha value is -0.830. The fraction of sp³-hybridized carbons (Fsp3) is 0.667. The Balaban J connectivity index is 4.33. The van der Waals surface area contributed by atoms with E-state index in [4.69, 9.17) is 0 Å². The molecule has 0 rings (SSSR count). The Bertz CT molecular complexity index is 180. The third-order valence-corrected chi connectivity index (χ3v) is 1.29. The summed E-state index contributed by atoms with van der Waals surface area (Å²) in [4.78, 5) is 8.42. The monoisotopic (exact) mass is 169 g/mol. The SMILES string of the molecule is C=C(C)N=C(CN(C)C)N(C)C. The van der Waals surface area contributed by atoms with Crippen LogP contribution >= 0.6 is 0 Å². The highest BCUT2D eigenvalue weighted by Crippen LogP contribution is 1.94. The Morgan fingerprint density at radius 2 is 1.75 bits per heavy atom. The van der Waals surface area contributed by atoms with Gasteiger partial charge in [-0.25, -0.2) is 4.99 Å². The number of hydrogen-bond donors (Lipinski definition) is 0. The molecule has 12 heavy (non-hydrogen) atoms. The number of nitrogens with zero attached hydrogens (tertiary/aromatic N) is 3. The van der Waals surface area contributed by atoms with Gasteiger partial charge in [-0.3, -0.25) is 0 Å². The van der Waals surface area contributed by atoms with E-state index < -0.39 is 0 Å². The van der Waals surface area contributed by atoms with E-state index in [1.807, 2.05) is 40.0 Å². The summed E-state index contributed by atoms with van der Waals surface area (Å²) in [6, 6.07) is 0. The number of likely N-dealkylation sites (N-methyl/N-ethyl adjacent to an activating group) is 2. The predicted octanol–water partition coefficient (Wildman–Crippen LogP) is 1.04. The number of rotatable bonds is 3. The first-order valence-electron chi connectivity index (χ1n) is 3.98. The molecule has 70 valence electrons. The van der Waals surface area contributed by atoms with Crippen LogP contribution in [0.4, 0.5) is 0 Å². The van der Waals surface area contributed by atoms with Crippen molar-refractivity contribution in [2.75, 3.05) is 34.7 Å². The van der Waals surface area contributed by atoms with Gasteiger partial charge in [0.15, 0.2) is 0 Å². The van der Waals surface area contributed by atoms with Crippen LogP contribution in [0.15, 0.2) is 17.3 Å². The van der Waals surface area contributed by atoms with Crippen LogP contribution in [0.3, 0.4) is 0 Å². The Labute approximate surface area is 75.4 Å². The summed E-state index contributed by atoms with van der Waals surface area (Å²) in [5.74, 6) is 1.03. The molecule has 0 amide bonds. The van der Waals surface area contributed by atoms with E-state index in [1.54, 1.807) is 0 Å². The van der Waals surface area contributed by atoms with Gasteiger partial charge in [0.2, 0.25) is 0 Å². The highest BCUT2D eigenvalue weighted by atomic mass is 15.2. The van der Waals surface area contributed by atoms with Gasteiger partial charge >= 0.3 is 0 Å². The second-order valence-corrected chi connectivity index (χ2v) is 3.40. The van der Waals surface area contributed by atoms with E-state index in [9.17, 15) is 0 Å². The Morgan fingerprint density at radius 1 is 1.25 bits per heavy atom. The first-order chi connectivity index (χ1) is 5.43. The quantitative estimate of drug-likeness (QED) is 0.464. The summed E-state index contributed by atoms with van der Waals surface area (Å²) in [5, 5.41) is 0. The van der Waals surface area contributed by atoms with Gasteiger partial charge in [0.1, 0.15) is 5.84 Å². The Kier molecular flexibility index (Phi) is 4.59. The molecule has 0 radical (unpaired) electrons. The maximum absolute atomic E-state index is 4.32. The molecular formula is C9H19N3. The minimum atomic E-state index is 0.847. The number of aliphatic imine (C=N–C) groups is 1. The van der Waals surface area contributed by atoms with Gasteiger partial charge in [0, 0.05) is 19.8 Å². The molecule has 0 aromatic rings. The van der Waals surface area contributed by atoms with E-state index in [0.717, 1.165) is 18.1 Å². The molecule has 0 bridgehead atoms. The molecule has 3 nitrogen and oxygen atoms in total. The van der Waals surface area contributed by atoms with Gasteiger partial charge in [-0.15, -0.1) is 0 Å². The van der Waals surface area contributed by atoms with Crippen LogP contribution in [-0.2, 0) is 0 Å².